The minimum Gasteiger partial charge on any atom is -0.481 e. The molecule has 0 radical (unpaired) electrons. The Bertz CT molecular complexity index is 445. The van der Waals surface area contributed by atoms with Crippen molar-refractivity contribution in [2.45, 2.75) is 5.92 Å². The molecule has 1 saturated heterocycles. The first-order valence-electron chi connectivity index (χ1n) is 6.46. The smallest absolute Gasteiger partial charge is 0.312 e. The van der Waals surface area contributed by atoms with E-state index < -0.39 is 17.7 Å². The predicted molar refractivity (Wildman–Crippen MR) is 70.7 cm³/mol. The molecule has 0 saturated carbocycles. The highest BCUT2D eigenvalue weighted by atomic mass is 19.1. The SMILES string of the molecule is CN1CCN(CC(C(=O)O)c2ccccc2F)CC1. The summed E-state index contributed by atoms with van der Waals surface area (Å²) in [6, 6.07) is 6.13. The molecular formula is C14H19FN2O2. The third-order valence-corrected chi connectivity index (χ3v) is 3.62. The van der Waals surface area contributed by atoms with Gasteiger partial charge in [-0.05, 0) is 13.1 Å². The lowest BCUT2D eigenvalue weighted by molar-refractivity contribution is -0.139. The van der Waals surface area contributed by atoms with Gasteiger partial charge in [0.25, 0.3) is 0 Å². The first-order valence-corrected chi connectivity index (χ1v) is 6.46. The van der Waals surface area contributed by atoms with E-state index in [1.165, 1.54) is 6.07 Å². The van der Waals surface area contributed by atoms with Gasteiger partial charge in [0.2, 0.25) is 0 Å². The highest BCUT2D eigenvalue weighted by Crippen LogP contribution is 2.21. The second-order valence-corrected chi connectivity index (χ2v) is 5.02. The van der Waals surface area contributed by atoms with Gasteiger partial charge in [-0.1, -0.05) is 18.2 Å². The Balaban J connectivity index is 2.09. The average Bonchev–Trinajstić information content (AvgIpc) is 2.39. The molecule has 2 rings (SSSR count). The van der Waals surface area contributed by atoms with Gasteiger partial charge in [0.1, 0.15) is 5.82 Å². The molecule has 1 aromatic rings. The topological polar surface area (TPSA) is 43.8 Å². The zero-order chi connectivity index (χ0) is 13.8. The fourth-order valence-electron chi connectivity index (χ4n) is 2.36. The number of carbonyl (C=O) groups is 1. The van der Waals surface area contributed by atoms with Crippen molar-refractivity contribution in [3.63, 3.8) is 0 Å². The summed E-state index contributed by atoms with van der Waals surface area (Å²) in [6.07, 6.45) is 0. The number of carboxylic acid groups (broad SMARTS) is 1. The summed E-state index contributed by atoms with van der Waals surface area (Å²) in [5.74, 6) is -2.21. The molecule has 1 heterocycles. The fraction of sp³-hybridized carbons (Fsp3) is 0.500. The van der Waals surface area contributed by atoms with Crippen molar-refractivity contribution in [2.24, 2.45) is 0 Å². The zero-order valence-corrected chi connectivity index (χ0v) is 11.1. The number of halogens is 1. The Labute approximate surface area is 112 Å². The van der Waals surface area contributed by atoms with Gasteiger partial charge in [-0.2, -0.15) is 0 Å². The summed E-state index contributed by atoms with van der Waals surface area (Å²) in [5.41, 5.74) is 0.272. The Morgan fingerprint density at radius 2 is 1.95 bits per heavy atom. The summed E-state index contributed by atoms with van der Waals surface area (Å²) in [5, 5.41) is 9.33. The number of hydrogen-bond donors (Lipinski definition) is 1. The fourth-order valence-corrected chi connectivity index (χ4v) is 2.36. The van der Waals surface area contributed by atoms with Crippen LogP contribution in [0.3, 0.4) is 0 Å². The second-order valence-electron chi connectivity index (χ2n) is 5.02. The normalized spacial score (nSPS) is 19.3. The molecule has 4 nitrogen and oxygen atoms in total. The molecule has 1 aliphatic heterocycles. The highest BCUT2D eigenvalue weighted by molar-refractivity contribution is 5.76. The molecule has 1 aromatic carbocycles. The molecular weight excluding hydrogens is 247 g/mol. The van der Waals surface area contributed by atoms with Crippen molar-refractivity contribution >= 4 is 5.97 Å². The second kappa shape index (κ2) is 6.12. The molecule has 0 spiro atoms. The molecule has 1 N–H and O–H groups in total. The first kappa shape index (κ1) is 14.0. The van der Waals surface area contributed by atoms with E-state index in [2.05, 4.69) is 9.80 Å². The largest absolute Gasteiger partial charge is 0.481 e. The number of rotatable bonds is 4. The van der Waals surface area contributed by atoms with Crippen molar-refractivity contribution in [2.75, 3.05) is 39.8 Å². The lowest BCUT2D eigenvalue weighted by atomic mass is 9.97. The molecule has 1 atom stereocenters. The Morgan fingerprint density at radius 1 is 1.32 bits per heavy atom. The van der Waals surface area contributed by atoms with Gasteiger partial charge < -0.3 is 10.0 Å². The maximum atomic E-state index is 13.7. The minimum atomic E-state index is -0.968. The van der Waals surface area contributed by atoms with Gasteiger partial charge in [-0.3, -0.25) is 9.69 Å². The number of likely N-dealkylation sites (N-methyl/N-ethyl adjacent to an activating group) is 1. The van der Waals surface area contributed by atoms with Crippen LogP contribution in [0.2, 0.25) is 0 Å². The van der Waals surface area contributed by atoms with Crippen molar-refractivity contribution in [1.82, 2.24) is 9.80 Å². The summed E-state index contributed by atoms with van der Waals surface area (Å²) < 4.78 is 13.7. The molecule has 0 amide bonds. The first-order chi connectivity index (χ1) is 9.08. The Hall–Kier alpha value is -1.46. The Kier molecular flexibility index (Phi) is 4.50. The molecule has 0 aromatic heterocycles. The number of benzene rings is 1. The molecule has 104 valence electrons. The van der Waals surface area contributed by atoms with E-state index >= 15 is 0 Å². The van der Waals surface area contributed by atoms with Crippen LogP contribution in [-0.4, -0.2) is 60.6 Å². The maximum Gasteiger partial charge on any atom is 0.312 e. The summed E-state index contributed by atoms with van der Waals surface area (Å²) in [4.78, 5) is 15.7. The van der Waals surface area contributed by atoms with Gasteiger partial charge >= 0.3 is 5.97 Å². The van der Waals surface area contributed by atoms with E-state index in [0.717, 1.165) is 26.2 Å². The average molecular weight is 266 g/mol. The van der Waals surface area contributed by atoms with Crippen LogP contribution in [-0.2, 0) is 4.79 Å². The van der Waals surface area contributed by atoms with Gasteiger partial charge in [-0.25, -0.2) is 4.39 Å². The molecule has 5 heteroatoms. The van der Waals surface area contributed by atoms with Gasteiger partial charge in [0, 0.05) is 38.3 Å². The molecule has 1 fully saturated rings. The number of hydrogen-bond acceptors (Lipinski definition) is 3. The maximum absolute atomic E-state index is 13.7. The number of carboxylic acids is 1. The van der Waals surface area contributed by atoms with Gasteiger partial charge in [0.05, 0.1) is 5.92 Å². The van der Waals surface area contributed by atoms with Crippen LogP contribution >= 0.6 is 0 Å². The molecule has 19 heavy (non-hydrogen) atoms. The highest BCUT2D eigenvalue weighted by Gasteiger charge is 2.26. The monoisotopic (exact) mass is 266 g/mol. The van der Waals surface area contributed by atoms with Gasteiger partial charge in [0.15, 0.2) is 0 Å². The molecule has 1 unspecified atom stereocenters. The van der Waals surface area contributed by atoms with E-state index in [1.54, 1.807) is 18.2 Å². The number of piperazine rings is 1. The lowest BCUT2D eigenvalue weighted by Crippen LogP contribution is -2.46. The van der Waals surface area contributed by atoms with Crippen LogP contribution in [0.15, 0.2) is 24.3 Å². The quantitative estimate of drug-likeness (QED) is 0.890. The third-order valence-electron chi connectivity index (χ3n) is 3.62. The summed E-state index contributed by atoms with van der Waals surface area (Å²) >= 11 is 0. The number of aliphatic carboxylic acids is 1. The van der Waals surface area contributed by atoms with E-state index in [0.29, 0.717) is 6.54 Å². The van der Waals surface area contributed by atoms with Crippen LogP contribution in [0.5, 0.6) is 0 Å². The third kappa shape index (κ3) is 3.52. The van der Waals surface area contributed by atoms with Crippen molar-refractivity contribution < 1.29 is 14.3 Å². The van der Waals surface area contributed by atoms with Crippen LogP contribution in [0, 0.1) is 5.82 Å². The van der Waals surface area contributed by atoms with Crippen LogP contribution in [0.1, 0.15) is 11.5 Å². The van der Waals surface area contributed by atoms with E-state index in [-0.39, 0.29) is 5.56 Å². The van der Waals surface area contributed by atoms with Crippen molar-refractivity contribution in [3.8, 4) is 0 Å². The zero-order valence-electron chi connectivity index (χ0n) is 11.1. The Morgan fingerprint density at radius 3 is 2.53 bits per heavy atom. The molecule has 0 bridgehead atoms. The molecule has 1 aliphatic rings. The van der Waals surface area contributed by atoms with Gasteiger partial charge in [-0.15, -0.1) is 0 Å². The minimum absolute atomic E-state index is 0.272. The summed E-state index contributed by atoms with van der Waals surface area (Å²) in [6.45, 7) is 3.86. The predicted octanol–water partition coefficient (Wildman–Crippen LogP) is 1.24. The summed E-state index contributed by atoms with van der Waals surface area (Å²) in [7, 11) is 2.04. The van der Waals surface area contributed by atoms with Crippen LogP contribution in [0.4, 0.5) is 4.39 Å². The van der Waals surface area contributed by atoms with E-state index in [9.17, 15) is 14.3 Å². The van der Waals surface area contributed by atoms with Crippen molar-refractivity contribution in [1.29, 1.82) is 0 Å². The van der Waals surface area contributed by atoms with Crippen LogP contribution < -0.4 is 0 Å². The van der Waals surface area contributed by atoms with Crippen LogP contribution in [0.25, 0.3) is 0 Å². The van der Waals surface area contributed by atoms with E-state index in [1.807, 2.05) is 7.05 Å². The standard InChI is InChI=1S/C14H19FN2O2/c1-16-6-8-17(9-7-16)10-12(14(18)19)11-4-2-3-5-13(11)15/h2-5,12H,6-10H2,1H3,(H,18,19). The number of nitrogens with zero attached hydrogens (tertiary/aromatic N) is 2. The van der Waals surface area contributed by atoms with Crippen molar-refractivity contribution in [3.05, 3.63) is 35.6 Å². The molecule has 0 aliphatic carbocycles. The lowest BCUT2D eigenvalue weighted by Gasteiger charge is -2.33. The van der Waals surface area contributed by atoms with E-state index in [4.69, 9.17) is 0 Å².